The van der Waals surface area contributed by atoms with E-state index in [0.29, 0.717) is 13.2 Å². The van der Waals surface area contributed by atoms with Crippen molar-refractivity contribution in [2.75, 3.05) is 18.9 Å². The minimum atomic E-state index is -2.58. The van der Waals surface area contributed by atoms with E-state index in [4.69, 9.17) is 14.9 Å². The van der Waals surface area contributed by atoms with Gasteiger partial charge in [-0.05, 0) is 45.7 Å². The molecular formula is C30H32N4O2Si. The molecule has 3 aromatic carbocycles. The zero-order chi connectivity index (χ0) is 25.9. The molecule has 0 amide bonds. The van der Waals surface area contributed by atoms with Crippen LogP contribution in [0.1, 0.15) is 20.8 Å². The number of aromatic nitrogens is 3. The highest BCUT2D eigenvalue weighted by Gasteiger charge is 2.50. The molecule has 0 aliphatic heterocycles. The van der Waals surface area contributed by atoms with Gasteiger partial charge < -0.3 is 19.5 Å². The van der Waals surface area contributed by atoms with Crippen LogP contribution in [0.5, 0.6) is 5.75 Å². The number of rotatable bonds is 8. The summed E-state index contributed by atoms with van der Waals surface area (Å²) in [5, 5.41) is 3.52. The van der Waals surface area contributed by atoms with Gasteiger partial charge in [0.25, 0.3) is 8.32 Å². The average Bonchev–Trinajstić information content (AvgIpc) is 3.32. The summed E-state index contributed by atoms with van der Waals surface area (Å²) in [6, 6.07) is 31.3. The van der Waals surface area contributed by atoms with Crippen LogP contribution in [-0.4, -0.2) is 36.1 Å². The molecule has 7 heteroatoms. The molecule has 2 aromatic heterocycles. The molecule has 0 radical (unpaired) electrons. The SMILES string of the molecule is CC(C)(C)[Si](OCCOc1ccc2c(ccn2-c2ccnc(N)n2)c1)(c1ccccc1)c1ccccc1. The molecule has 0 atom stereocenters. The van der Waals surface area contributed by atoms with Gasteiger partial charge in [-0.3, -0.25) is 0 Å². The van der Waals surface area contributed by atoms with Crippen molar-refractivity contribution in [3.05, 3.63) is 103 Å². The fraction of sp³-hybridized carbons (Fsp3) is 0.200. The number of fused-ring (bicyclic) bond motifs is 1. The first-order valence-electron chi connectivity index (χ1n) is 12.5. The second-order valence-corrected chi connectivity index (χ2v) is 14.3. The van der Waals surface area contributed by atoms with Crippen LogP contribution in [-0.2, 0) is 4.43 Å². The molecule has 0 aliphatic carbocycles. The molecule has 0 bridgehead atoms. The lowest BCUT2D eigenvalue weighted by molar-refractivity contribution is 0.208. The van der Waals surface area contributed by atoms with Crippen molar-refractivity contribution in [1.82, 2.24) is 14.5 Å². The maximum Gasteiger partial charge on any atom is 0.261 e. The van der Waals surface area contributed by atoms with E-state index >= 15 is 0 Å². The molecular weight excluding hydrogens is 476 g/mol. The van der Waals surface area contributed by atoms with Gasteiger partial charge in [0.15, 0.2) is 0 Å². The average molecular weight is 509 g/mol. The van der Waals surface area contributed by atoms with Crippen LogP contribution < -0.4 is 20.8 Å². The number of nitrogens with zero attached hydrogens (tertiary/aromatic N) is 3. The van der Waals surface area contributed by atoms with Crippen LogP contribution in [0.15, 0.2) is 103 Å². The Morgan fingerprint density at radius 2 is 1.51 bits per heavy atom. The fourth-order valence-electron chi connectivity index (χ4n) is 5.02. The Morgan fingerprint density at radius 1 is 0.838 bits per heavy atom. The van der Waals surface area contributed by atoms with E-state index in [0.717, 1.165) is 22.5 Å². The van der Waals surface area contributed by atoms with Crippen LogP contribution in [0.25, 0.3) is 16.7 Å². The van der Waals surface area contributed by atoms with Gasteiger partial charge in [0.2, 0.25) is 5.95 Å². The van der Waals surface area contributed by atoms with E-state index in [1.54, 1.807) is 6.20 Å². The third-order valence-corrected chi connectivity index (χ3v) is 11.7. The zero-order valence-corrected chi connectivity index (χ0v) is 22.5. The minimum absolute atomic E-state index is 0.0675. The van der Waals surface area contributed by atoms with Crippen LogP contribution in [0.4, 0.5) is 5.95 Å². The number of ether oxygens (including phenoxy) is 1. The van der Waals surface area contributed by atoms with Gasteiger partial charge in [0, 0.05) is 17.8 Å². The third-order valence-electron chi connectivity index (χ3n) is 6.66. The Hall–Kier alpha value is -3.94. The lowest BCUT2D eigenvalue weighted by Crippen LogP contribution is -2.66. The highest BCUT2D eigenvalue weighted by Crippen LogP contribution is 2.36. The Bertz CT molecular complexity index is 1440. The molecule has 188 valence electrons. The monoisotopic (exact) mass is 508 g/mol. The molecule has 6 nitrogen and oxygen atoms in total. The number of hydrogen-bond acceptors (Lipinski definition) is 5. The van der Waals surface area contributed by atoms with Crippen LogP contribution in [0.2, 0.25) is 5.04 Å². The highest BCUT2D eigenvalue weighted by molar-refractivity contribution is 6.99. The maximum absolute atomic E-state index is 6.93. The molecule has 0 unspecified atom stereocenters. The number of benzene rings is 3. The second kappa shape index (κ2) is 10.2. The molecule has 0 fully saturated rings. The first-order valence-corrected chi connectivity index (χ1v) is 14.4. The molecule has 2 heterocycles. The van der Waals surface area contributed by atoms with E-state index in [-0.39, 0.29) is 11.0 Å². The number of nitrogen functional groups attached to an aromatic ring is 1. The first-order chi connectivity index (χ1) is 17.9. The third kappa shape index (κ3) is 4.88. The summed E-state index contributed by atoms with van der Waals surface area (Å²) in [7, 11) is -2.58. The molecule has 37 heavy (non-hydrogen) atoms. The van der Waals surface area contributed by atoms with Gasteiger partial charge in [-0.2, -0.15) is 4.98 Å². The number of hydrogen-bond donors (Lipinski definition) is 1. The minimum Gasteiger partial charge on any atom is -0.491 e. The summed E-state index contributed by atoms with van der Waals surface area (Å²) < 4.78 is 15.1. The Morgan fingerprint density at radius 3 is 2.14 bits per heavy atom. The molecule has 0 saturated carbocycles. The Kier molecular flexibility index (Phi) is 6.82. The largest absolute Gasteiger partial charge is 0.491 e. The van der Waals surface area contributed by atoms with Crippen molar-refractivity contribution in [1.29, 1.82) is 0 Å². The maximum atomic E-state index is 6.93. The summed E-state index contributed by atoms with van der Waals surface area (Å²) in [6.07, 6.45) is 3.63. The second-order valence-electron chi connectivity index (χ2n) is 10.0. The van der Waals surface area contributed by atoms with E-state index in [1.165, 1.54) is 10.4 Å². The van der Waals surface area contributed by atoms with Crippen molar-refractivity contribution in [2.24, 2.45) is 0 Å². The lowest BCUT2D eigenvalue weighted by atomic mass is 10.2. The fourth-order valence-corrected chi connectivity index (χ4v) is 9.57. The van der Waals surface area contributed by atoms with Gasteiger partial charge in [0.1, 0.15) is 18.2 Å². The summed E-state index contributed by atoms with van der Waals surface area (Å²) >= 11 is 0. The standard InChI is InChI=1S/C30H32N4O2Si/c1-30(2,3)37(25-10-6-4-7-11-25,26-12-8-5-9-13-26)36-21-20-35-24-14-15-27-23(22-24)17-19-34(27)28-16-18-32-29(31)33-28/h4-19,22H,20-21H2,1-3H3,(H2,31,32,33). The molecule has 2 N–H and O–H groups in total. The summed E-state index contributed by atoms with van der Waals surface area (Å²) in [5.41, 5.74) is 6.79. The van der Waals surface area contributed by atoms with Crippen LogP contribution in [0.3, 0.4) is 0 Å². The molecule has 0 spiro atoms. The predicted molar refractivity (Wildman–Crippen MR) is 152 cm³/mol. The van der Waals surface area contributed by atoms with Gasteiger partial charge in [-0.25, -0.2) is 4.98 Å². The topological polar surface area (TPSA) is 75.2 Å². The van der Waals surface area contributed by atoms with Crippen molar-refractivity contribution in [2.45, 2.75) is 25.8 Å². The normalized spacial score (nSPS) is 12.1. The summed E-state index contributed by atoms with van der Waals surface area (Å²) in [5.74, 6) is 1.79. The van der Waals surface area contributed by atoms with Crippen LogP contribution >= 0.6 is 0 Å². The quantitative estimate of drug-likeness (QED) is 0.237. The van der Waals surface area contributed by atoms with E-state index in [2.05, 4.69) is 91.4 Å². The predicted octanol–water partition coefficient (Wildman–Crippen LogP) is 4.96. The van der Waals surface area contributed by atoms with Gasteiger partial charge in [0.05, 0.1) is 12.1 Å². The van der Waals surface area contributed by atoms with Gasteiger partial charge in [-0.15, -0.1) is 0 Å². The molecule has 0 saturated heterocycles. The van der Waals surface area contributed by atoms with E-state index in [9.17, 15) is 0 Å². The molecule has 5 rings (SSSR count). The summed E-state index contributed by atoms with van der Waals surface area (Å²) in [6.45, 7) is 7.80. The van der Waals surface area contributed by atoms with Gasteiger partial charge in [-0.1, -0.05) is 81.4 Å². The number of anilines is 1. The lowest BCUT2D eigenvalue weighted by Gasteiger charge is -2.43. The van der Waals surface area contributed by atoms with Crippen molar-refractivity contribution < 1.29 is 9.16 Å². The van der Waals surface area contributed by atoms with E-state index in [1.807, 2.05) is 41.1 Å². The smallest absolute Gasteiger partial charge is 0.261 e. The van der Waals surface area contributed by atoms with Gasteiger partial charge >= 0.3 is 0 Å². The van der Waals surface area contributed by atoms with Crippen molar-refractivity contribution in [3.8, 4) is 11.6 Å². The molecule has 0 aliphatic rings. The highest BCUT2D eigenvalue weighted by atomic mass is 28.4. The van der Waals surface area contributed by atoms with Crippen LogP contribution in [0, 0.1) is 0 Å². The van der Waals surface area contributed by atoms with Crippen molar-refractivity contribution >= 4 is 35.5 Å². The molecule has 5 aromatic rings. The Balaban J connectivity index is 1.35. The van der Waals surface area contributed by atoms with E-state index < -0.39 is 8.32 Å². The summed E-state index contributed by atoms with van der Waals surface area (Å²) in [4.78, 5) is 8.31. The number of nitrogens with two attached hydrogens (primary N) is 1. The first kappa shape index (κ1) is 24.7. The Labute approximate surface area is 218 Å². The van der Waals surface area contributed by atoms with Crippen molar-refractivity contribution in [3.63, 3.8) is 0 Å². The zero-order valence-electron chi connectivity index (χ0n) is 21.5.